The van der Waals surface area contributed by atoms with E-state index in [0.29, 0.717) is 9.75 Å². The number of amides is 2. The van der Waals surface area contributed by atoms with Crippen LogP contribution in [0.3, 0.4) is 0 Å². The van der Waals surface area contributed by atoms with Crippen molar-refractivity contribution in [2.45, 2.75) is 39.5 Å². The van der Waals surface area contributed by atoms with Crippen LogP contribution in [0.1, 0.15) is 57.2 Å². The highest BCUT2D eigenvalue weighted by Gasteiger charge is 2.22. The summed E-state index contributed by atoms with van der Waals surface area (Å²) in [5.41, 5.74) is 12.5. The van der Waals surface area contributed by atoms with Crippen LogP contribution in [0, 0.1) is 0 Å². The van der Waals surface area contributed by atoms with Crippen LogP contribution >= 0.6 is 11.3 Å². The monoisotopic (exact) mass is 254 g/mol. The number of hydrogen-bond donors (Lipinski definition) is 2. The summed E-state index contributed by atoms with van der Waals surface area (Å²) >= 11 is 1.13. The lowest BCUT2D eigenvalue weighted by atomic mass is 9.99. The van der Waals surface area contributed by atoms with E-state index < -0.39 is 11.8 Å². The van der Waals surface area contributed by atoms with Crippen molar-refractivity contribution in [3.63, 3.8) is 0 Å². The summed E-state index contributed by atoms with van der Waals surface area (Å²) in [4.78, 5) is 23.7. The lowest BCUT2D eigenvalue weighted by molar-refractivity contribution is 0.0995. The van der Waals surface area contributed by atoms with Gasteiger partial charge in [-0.25, -0.2) is 0 Å². The molecule has 1 heterocycles. The van der Waals surface area contributed by atoms with Crippen LogP contribution < -0.4 is 11.5 Å². The van der Waals surface area contributed by atoms with E-state index in [2.05, 4.69) is 0 Å². The normalized spacial score (nSPS) is 10.5. The summed E-state index contributed by atoms with van der Waals surface area (Å²) < 4.78 is 0. The zero-order valence-corrected chi connectivity index (χ0v) is 11.0. The molecule has 5 heteroatoms. The van der Waals surface area contributed by atoms with Crippen molar-refractivity contribution < 1.29 is 9.59 Å². The first-order valence-corrected chi connectivity index (χ1v) is 6.58. The Hall–Kier alpha value is -1.36. The van der Waals surface area contributed by atoms with Crippen LogP contribution in [0.5, 0.6) is 0 Å². The van der Waals surface area contributed by atoms with Crippen molar-refractivity contribution in [1.82, 2.24) is 0 Å². The number of nitrogens with two attached hydrogens (primary N) is 2. The molecular weight excluding hydrogens is 236 g/mol. The molecule has 0 aliphatic carbocycles. The van der Waals surface area contributed by atoms with Crippen LogP contribution in [-0.4, -0.2) is 11.8 Å². The molecular formula is C12H18N2O2S. The third kappa shape index (κ3) is 2.85. The Morgan fingerprint density at radius 2 is 1.29 bits per heavy atom. The van der Waals surface area contributed by atoms with Gasteiger partial charge in [-0.1, -0.05) is 26.7 Å². The van der Waals surface area contributed by atoms with Crippen molar-refractivity contribution in [3.05, 3.63) is 20.9 Å². The molecule has 4 N–H and O–H groups in total. The topological polar surface area (TPSA) is 86.2 Å². The molecule has 0 radical (unpaired) electrons. The zero-order chi connectivity index (χ0) is 13.0. The van der Waals surface area contributed by atoms with Gasteiger partial charge in [0.2, 0.25) is 0 Å². The van der Waals surface area contributed by atoms with Gasteiger partial charge in [-0.05, 0) is 24.0 Å². The first kappa shape index (κ1) is 13.7. The average Bonchev–Trinajstić information content (AvgIpc) is 2.59. The predicted octanol–water partition coefficient (Wildman–Crippen LogP) is 1.85. The second kappa shape index (κ2) is 5.82. The lowest BCUT2D eigenvalue weighted by Gasteiger charge is -2.04. The second-order valence-electron chi connectivity index (χ2n) is 3.95. The molecule has 0 aliphatic rings. The van der Waals surface area contributed by atoms with Crippen molar-refractivity contribution in [3.8, 4) is 0 Å². The highest BCUT2D eigenvalue weighted by molar-refractivity contribution is 7.16. The quantitative estimate of drug-likeness (QED) is 0.811. The highest BCUT2D eigenvalue weighted by atomic mass is 32.1. The van der Waals surface area contributed by atoms with Crippen molar-refractivity contribution in [2.75, 3.05) is 0 Å². The van der Waals surface area contributed by atoms with E-state index >= 15 is 0 Å². The van der Waals surface area contributed by atoms with Gasteiger partial charge in [0.05, 0.1) is 9.75 Å². The van der Waals surface area contributed by atoms with Gasteiger partial charge in [0, 0.05) is 0 Å². The largest absolute Gasteiger partial charge is 0.365 e. The van der Waals surface area contributed by atoms with E-state index in [4.69, 9.17) is 11.5 Å². The van der Waals surface area contributed by atoms with Crippen LogP contribution in [0.2, 0.25) is 0 Å². The first-order valence-electron chi connectivity index (χ1n) is 5.77. The van der Waals surface area contributed by atoms with Crippen molar-refractivity contribution in [1.29, 1.82) is 0 Å². The number of primary amides is 2. The minimum atomic E-state index is -0.469. The molecule has 0 aliphatic heterocycles. The molecule has 0 bridgehead atoms. The summed E-state index contributed by atoms with van der Waals surface area (Å²) in [7, 11) is 0. The van der Waals surface area contributed by atoms with Gasteiger partial charge in [-0.3, -0.25) is 9.59 Å². The number of thiophene rings is 1. The summed E-state index contributed by atoms with van der Waals surface area (Å²) in [6, 6.07) is 0. The second-order valence-corrected chi connectivity index (χ2v) is 4.97. The maximum Gasteiger partial charge on any atom is 0.259 e. The maximum absolute atomic E-state index is 11.4. The molecule has 1 aromatic rings. The molecule has 0 unspecified atom stereocenters. The van der Waals surface area contributed by atoms with Gasteiger partial charge in [0.25, 0.3) is 11.8 Å². The van der Waals surface area contributed by atoms with Gasteiger partial charge in [0.1, 0.15) is 0 Å². The molecule has 17 heavy (non-hydrogen) atoms. The third-order valence-electron chi connectivity index (χ3n) is 2.56. The fraction of sp³-hybridized carbons (Fsp3) is 0.500. The number of carbonyl (C=O) groups is 2. The minimum absolute atomic E-state index is 0.469. The van der Waals surface area contributed by atoms with E-state index in [9.17, 15) is 9.59 Å². The van der Waals surface area contributed by atoms with E-state index in [0.717, 1.165) is 48.1 Å². The SMILES string of the molecule is CCCc1c(C(N)=O)sc(C(N)=O)c1CCC. The van der Waals surface area contributed by atoms with E-state index in [1.54, 1.807) is 0 Å². The molecule has 0 fully saturated rings. The van der Waals surface area contributed by atoms with Gasteiger partial charge in [0.15, 0.2) is 0 Å². The zero-order valence-electron chi connectivity index (χ0n) is 10.2. The molecule has 0 saturated heterocycles. The number of rotatable bonds is 6. The van der Waals surface area contributed by atoms with Gasteiger partial charge in [-0.2, -0.15) is 0 Å². The number of carbonyl (C=O) groups excluding carboxylic acids is 2. The summed E-state index contributed by atoms with van der Waals surface area (Å²) in [5, 5.41) is 0. The van der Waals surface area contributed by atoms with Crippen LogP contribution in [0.4, 0.5) is 0 Å². The lowest BCUT2D eigenvalue weighted by Crippen LogP contribution is -2.12. The summed E-state index contributed by atoms with van der Waals surface area (Å²) in [5.74, 6) is -0.938. The smallest absolute Gasteiger partial charge is 0.259 e. The molecule has 2 amide bonds. The Balaban J connectivity index is 3.37. The van der Waals surface area contributed by atoms with Crippen LogP contribution in [0.25, 0.3) is 0 Å². The fourth-order valence-electron chi connectivity index (χ4n) is 1.93. The van der Waals surface area contributed by atoms with Crippen molar-refractivity contribution in [2.24, 2.45) is 11.5 Å². The minimum Gasteiger partial charge on any atom is -0.365 e. The molecule has 1 aromatic heterocycles. The van der Waals surface area contributed by atoms with E-state index in [1.807, 2.05) is 13.8 Å². The summed E-state index contributed by atoms with van der Waals surface area (Å²) in [6.45, 7) is 4.06. The number of hydrogen-bond acceptors (Lipinski definition) is 3. The predicted molar refractivity (Wildman–Crippen MR) is 69.3 cm³/mol. The van der Waals surface area contributed by atoms with Gasteiger partial charge < -0.3 is 11.5 Å². The van der Waals surface area contributed by atoms with Gasteiger partial charge in [-0.15, -0.1) is 11.3 Å². The molecule has 0 atom stereocenters. The molecule has 94 valence electrons. The Bertz CT molecular complexity index is 399. The Morgan fingerprint density at radius 1 is 0.941 bits per heavy atom. The van der Waals surface area contributed by atoms with Crippen LogP contribution in [-0.2, 0) is 12.8 Å². The Labute approximate surface area is 105 Å². The van der Waals surface area contributed by atoms with Crippen LogP contribution in [0.15, 0.2) is 0 Å². The highest BCUT2D eigenvalue weighted by Crippen LogP contribution is 2.30. The molecule has 1 rings (SSSR count). The van der Waals surface area contributed by atoms with E-state index in [-0.39, 0.29) is 0 Å². The standard InChI is InChI=1S/C12H18N2O2S/c1-3-5-7-8(6-4-2)10(12(14)16)17-9(7)11(13)15/h3-6H2,1-2H3,(H2,13,15)(H2,14,16). The Morgan fingerprint density at radius 3 is 1.53 bits per heavy atom. The van der Waals surface area contributed by atoms with Gasteiger partial charge >= 0.3 is 0 Å². The summed E-state index contributed by atoms with van der Waals surface area (Å²) in [6.07, 6.45) is 3.34. The first-order chi connectivity index (χ1) is 8.02. The Kier molecular flexibility index (Phi) is 4.69. The molecule has 4 nitrogen and oxygen atoms in total. The van der Waals surface area contributed by atoms with Crippen molar-refractivity contribution >= 4 is 23.2 Å². The maximum atomic E-state index is 11.4. The molecule has 0 spiro atoms. The fourth-order valence-corrected chi connectivity index (χ4v) is 3.03. The molecule has 0 aromatic carbocycles. The third-order valence-corrected chi connectivity index (χ3v) is 3.87. The van der Waals surface area contributed by atoms with E-state index in [1.165, 1.54) is 0 Å². The average molecular weight is 254 g/mol. The molecule has 0 saturated carbocycles.